The van der Waals surface area contributed by atoms with Gasteiger partial charge in [0.25, 0.3) is 0 Å². The highest BCUT2D eigenvalue weighted by molar-refractivity contribution is 5.93. The summed E-state index contributed by atoms with van der Waals surface area (Å²) in [5, 5.41) is 23.3. The van der Waals surface area contributed by atoms with Gasteiger partial charge in [0, 0.05) is 23.8 Å². The van der Waals surface area contributed by atoms with Crippen LogP contribution in [0.1, 0.15) is 11.1 Å². The first-order chi connectivity index (χ1) is 10.1. The normalized spacial score (nSPS) is 10.7. The minimum atomic E-state index is -0.108. The van der Waals surface area contributed by atoms with E-state index in [1.54, 1.807) is 18.3 Å². The molecule has 0 saturated carbocycles. The summed E-state index contributed by atoms with van der Waals surface area (Å²) in [4.78, 5) is 4.41. The second kappa shape index (κ2) is 5.32. The van der Waals surface area contributed by atoms with Crippen molar-refractivity contribution < 1.29 is 10.2 Å². The monoisotopic (exact) mass is 280 g/mol. The SMILES string of the molecule is Cc1ccc(NCc2ccc(O)c(O)c2)c2cccnc12. The van der Waals surface area contributed by atoms with Crippen molar-refractivity contribution in [3.63, 3.8) is 0 Å². The van der Waals surface area contributed by atoms with Gasteiger partial charge in [0.05, 0.1) is 5.52 Å². The summed E-state index contributed by atoms with van der Waals surface area (Å²) in [6, 6.07) is 12.8. The van der Waals surface area contributed by atoms with E-state index in [9.17, 15) is 10.2 Å². The minimum Gasteiger partial charge on any atom is -0.504 e. The van der Waals surface area contributed by atoms with Crippen LogP contribution in [0, 0.1) is 6.92 Å². The van der Waals surface area contributed by atoms with E-state index in [0.717, 1.165) is 27.7 Å². The Morgan fingerprint density at radius 3 is 2.71 bits per heavy atom. The topological polar surface area (TPSA) is 65.4 Å². The highest BCUT2D eigenvalue weighted by Crippen LogP contribution is 2.27. The second-order valence-corrected chi connectivity index (χ2v) is 5.01. The summed E-state index contributed by atoms with van der Waals surface area (Å²) in [5.74, 6) is -0.214. The molecule has 0 atom stereocenters. The number of phenolic OH excluding ortho intramolecular Hbond substituents is 2. The lowest BCUT2D eigenvalue weighted by molar-refractivity contribution is 0.403. The Balaban J connectivity index is 1.88. The molecular weight excluding hydrogens is 264 g/mol. The Morgan fingerprint density at radius 2 is 1.90 bits per heavy atom. The molecule has 2 aromatic carbocycles. The van der Waals surface area contributed by atoms with E-state index >= 15 is 0 Å². The van der Waals surface area contributed by atoms with Crippen molar-refractivity contribution in [1.82, 2.24) is 4.98 Å². The van der Waals surface area contributed by atoms with Crippen molar-refractivity contribution in [2.45, 2.75) is 13.5 Å². The minimum absolute atomic E-state index is 0.107. The van der Waals surface area contributed by atoms with Crippen LogP contribution in [0.25, 0.3) is 10.9 Å². The van der Waals surface area contributed by atoms with Crippen molar-refractivity contribution in [3.05, 3.63) is 59.8 Å². The van der Waals surface area contributed by atoms with Crippen LogP contribution in [-0.2, 0) is 6.54 Å². The fraction of sp³-hybridized carbons (Fsp3) is 0.118. The summed E-state index contributed by atoms with van der Waals surface area (Å²) < 4.78 is 0. The number of aromatic hydroxyl groups is 2. The third-order valence-corrected chi connectivity index (χ3v) is 3.49. The molecule has 0 amide bonds. The van der Waals surface area contributed by atoms with E-state index < -0.39 is 0 Å². The summed E-state index contributed by atoms with van der Waals surface area (Å²) in [6.45, 7) is 2.60. The summed E-state index contributed by atoms with van der Waals surface area (Å²) in [7, 11) is 0. The zero-order valence-electron chi connectivity index (χ0n) is 11.7. The van der Waals surface area contributed by atoms with E-state index in [1.807, 2.05) is 31.2 Å². The highest BCUT2D eigenvalue weighted by atomic mass is 16.3. The summed E-state index contributed by atoms with van der Waals surface area (Å²) in [5.41, 5.74) is 4.01. The highest BCUT2D eigenvalue weighted by Gasteiger charge is 2.05. The third-order valence-electron chi connectivity index (χ3n) is 3.49. The molecule has 1 aromatic heterocycles. The molecule has 0 spiro atoms. The molecule has 0 aliphatic rings. The molecule has 0 bridgehead atoms. The molecule has 106 valence electrons. The number of aryl methyl sites for hydroxylation is 1. The molecule has 0 aliphatic heterocycles. The van der Waals surface area contributed by atoms with Gasteiger partial charge in [-0.3, -0.25) is 4.98 Å². The zero-order chi connectivity index (χ0) is 14.8. The molecule has 0 aliphatic carbocycles. The number of benzene rings is 2. The lowest BCUT2D eigenvalue weighted by Gasteiger charge is -2.11. The zero-order valence-corrected chi connectivity index (χ0v) is 11.7. The number of rotatable bonds is 3. The summed E-state index contributed by atoms with van der Waals surface area (Å²) >= 11 is 0. The largest absolute Gasteiger partial charge is 0.504 e. The van der Waals surface area contributed by atoms with Crippen molar-refractivity contribution in [3.8, 4) is 11.5 Å². The van der Waals surface area contributed by atoms with Gasteiger partial charge in [0.15, 0.2) is 11.5 Å². The fourth-order valence-electron chi connectivity index (χ4n) is 2.34. The van der Waals surface area contributed by atoms with Crippen LogP contribution in [-0.4, -0.2) is 15.2 Å². The van der Waals surface area contributed by atoms with E-state index in [2.05, 4.69) is 10.3 Å². The van der Waals surface area contributed by atoms with Gasteiger partial charge in [-0.15, -0.1) is 0 Å². The quantitative estimate of drug-likeness (QED) is 0.642. The predicted molar refractivity (Wildman–Crippen MR) is 83.6 cm³/mol. The van der Waals surface area contributed by atoms with E-state index in [-0.39, 0.29) is 11.5 Å². The van der Waals surface area contributed by atoms with Crippen molar-refractivity contribution >= 4 is 16.6 Å². The molecule has 0 saturated heterocycles. The maximum Gasteiger partial charge on any atom is 0.157 e. The molecule has 0 unspecified atom stereocenters. The van der Waals surface area contributed by atoms with Gasteiger partial charge < -0.3 is 15.5 Å². The Morgan fingerprint density at radius 1 is 1.05 bits per heavy atom. The Hall–Kier alpha value is -2.75. The first kappa shape index (κ1) is 13.2. The average molecular weight is 280 g/mol. The average Bonchev–Trinajstić information content (AvgIpc) is 2.50. The van der Waals surface area contributed by atoms with Gasteiger partial charge in [-0.05, 0) is 48.4 Å². The van der Waals surface area contributed by atoms with Crippen LogP contribution in [0.5, 0.6) is 11.5 Å². The number of pyridine rings is 1. The first-order valence-corrected chi connectivity index (χ1v) is 6.74. The van der Waals surface area contributed by atoms with Crippen LogP contribution < -0.4 is 5.32 Å². The Labute approximate surface area is 122 Å². The van der Waals surface area contributed by atoms with Crippen LogP contribution in [0.3, 0.4) is 0 Å². The second-order valence-electron chi connectivity index (χ2n) is 5.01. The van der Waals surface area contributed by atoms with E-state index in [1.165, 1.54) is 6.07 Å². The molecule has 0 radical (unpaired) electrons. The van der Waals surface area contributed by atoms with Gasteiger partial charge in [0.2, 0.25) is 0 Å². The van der Waals surface area contributed by atoms with Crippen molar-refractivity contribution in [2.24, 2.45) is 0 Å². The fourth-order valence-corrected chi connectivity index (χ4v) is 2.34. The smallest absolute Gasteiger partial charge is 0.157 e. The van der Waals surface area contributed by atoms with Gasteiger partial charge in [-0.25, -0.2) is 0 Å². The summed E-state index contributed by atoms with van der Waals surface area (Å²) in [6.07, 6.45) is 1.79. The van der Waals surface area contributed by atoms with E-state index in [0.29, 0.717) is 6.54 Å². The van der Waals surface area contributed by atoms with E-state index in [4.69, 9.17) is 0 Å². The number of aromatic nitrogens is 1. The van der Waals surface area contributed by atoms with Gasteiger partial charge in [-0.2, -0.15) is 0 Å². The maximum atomic E-state index is 9.52. The Kier molecular flexibility index (Phi) is 3.36. The molecular formula is C17H16N2O2. The number of nitrogens with one attached hydrogen (secondary N) is 1. The van der Waals surface area contributed by atoms with Crippen molar-refractivity contribution in [1.29, 1.82) is 0 Å². The molecule has 1 heterocycles. The van der Waals surface area contributed by atoms with Crippen LogP contribution in [0.15, 0.2) is 48.7 Å². The van der Waals surface area contributed by atoms with Crippen LogP contribution in [0.4, 0.5) is 5.69 Å². The predicted octanol–water partition coefficient (Wildman–Crippen LogP) is 3.57. The standard InChI is InChI=1S/C17H16N2O2/c1-11-4-6-14(13-3-2-8-18-17(11)13)19-10-12-5-7-15(20)16(21)9-12/h2-9,19-21H,10H2,1H3. The molecule has 4 nitrogen and oxygen atoms in total. The third kappa shape index (κ3) is 2.60. The number of fused-ring (bicyclic) bond motifs is 1. The van der Waals surface area contributed by atoms with Crippen LogP contribution in [0.2, 0.25) is 0 Å². The number of hydrogen-bond donors (Lipinski definition) is 3. The Bertz CT molecular complexity index is 800. The molecule has 0 fully saturated rings. The molecule has 21 heavy (non-hydrogen) atoms. The van der Waals surface area contributed by atoms with Crippen LogP contribution >= 0.6 is 0 Å². The molecule has 3 N–H and O–H groups in total. The molecule has 4 heteroatoms. The molecule has 3 rings (SSSR count). The van der Waals surface area contributed by atoms with Crippen molar-refractivity contribution in [2.75, 3.05) is 5.32 Å². The van der Waals surface area contributed by atoms with Gasteiger partial charge in [0.1, 0.15) is 0 Å². The number of anilines is 1. The number of hydrogen-bond acceptors (Lipinski definition) is 4. The number of nitrogens with zero attached hydrogens (tertiary/aromatic N) is 1. The lowest BCUT2D eigenvalue weighted by atomic mass is 10.1. The lowest BCUT2D eigenvalue weighted by Crippen LogP contribution is -2.00. The number of phenols is 2. The van der Waals surface area contributed by atoms with Gasteiger partial charge >= 0.3 is 0 Å². The first-order valence-electron chi connectivity index (χ1n) is 6.74. The van der Waals surface area contributed by atoms with Gasteiger partial charge in [-0.1, -0.05) is 12.1 Å². The molecule has 3 aromatic rings. The maximum absolute atomic E-state index is 9.52.